The molecule has 1 aliphatic rings. The lowest BCUT2D eigenvalue weighted by atomic mass is 10.0. The van der Waals surface area contributed by atoms with E-state index in [2.05, 4.69) is 17.3 Å². The van der Waals surface area contributed by atoms with Gasteiger partial charge in [-0.2, -0.15) is 0 Å². The fraction of sp³-hybridized carbons (Fsp3) is 0.562. The van der Waals surface area contributed by atoms with Gasteiger partial charge in [-0.1, -0.05) is 13.3 Å². The average Bonchev–Trinajstić information content (AvgIpc) is 2.46. The number of ketones is 1. The molecule has 1 aromatic rings. The standard InChI is InChI=1S/C16H24N2O/c1-3-16(19)13-7-9-14(10-8-13)17-12-15-6-4-5-11-18(15)2/h7-10,15,17H,3-6,11-12H2,1-2H3. The quantitative estimate of drug-likeness (QED) is 0.825. The lowest BCUT2D eigenvalue weighted by Crippen LogP contribution is -2.40. The van der Waals surface area contributed by atoms with Crippen LogP contribution in [0.25, 0.3) is 0 Å². The zero-order chi connectivity index (χ0) is 13.7. The molecular weight excluding hydrogens is 236 g/mol. The van der Waals surface area contributed by atoms with Crippen LogP contribution in [0.4, 0.5) is 5.69 Å². The highest BCUT2D eigenvalue weighted by molar-refractivity contribution is 5.96. The fourth-order valence-corrected chi connectivity index (χ4v) is 2.62. The van der Waals surface area contributed by atoms with Crippen molar-refractivity contribution in [2.24, 2.45) is 0 Å². The Morgan fingerprint density at radius 2 is 2.05 bits per heavy atom. The van der Waals surface area contributed by atoms with E-state index in [0.717, 1.165) is 17.8 Å². The van der Waals surface area contributed by atoms with E-state index in [4.69, 9.17) is 0 Å². The van der Waals surface area contributed by atoms with Gasteiger partial charge in [-0.3, -0.25) is 4.79 Å². The van der Waals surface area contributed by atoms with E-state index >= 15 is 0 Å². The van der Waals surface area contributed by atoms with Crippen LogP contribution in [0.2, 0.25) is 0 Å². The van der Waals surface area contributed by atoms with Gasteiger partial charge in [0.05, 0.1) is 0 Å². The topological polar surface area (TPSA) is 32.3 Å². The van der Waals surface area contributed by atoms with Crippen molar-refractivity contribution in [3.63, 3.8) is 0 Å². The Balaban J connectivity index is 1.87. The van der Waals surface area contributed by atoms with E-state index in [1.807, 2.05) is 31.2 Å². The van der Waals surface area contributed by atoms with Crippen molar-refractivity contribution in [3.05, 3.63) is 29.8 Å². The number of hydrogen-bond acceptors (Lipinski definition) is 3. The van der Waals surface area contributed by atoms with Crippen LogP contribution in [0, 0.1) is 0 Å². The zero-order valence-corrected chi connectivity index (χ0v) is 12.0. The van der Waals surface area contributed by atoms with E-state index in [1.54, 1.807) is 0 Å². The third kappa shape index (κ3) is 3.80. The molecule has 1 aromatic carbocycles. The van der Waals surface area contributed by atoms with Crippen LogP contribution >= 0.6 is 0 Å². The van der Waals surface area contributed by atoms with E-state index in [1.165, 1.54) is 25.8 Å². The van der Waals surface area contributed by atoms with Crippen molar-refractivity contribution in [1.29, 1.82) is 0 Å². The summed E-state index contributed by atoms with van der Waals surface area (Å²) in [5, 5.41) is 3.48. The first kappa shape index (κ1) is 14.1. The van der Waals surface area contributed by atoms with Gasteiger partial charge in [-0.15, -0.1) is 0 Å². The summed E-state index contributed by atoms with van der Waals surface area (Å²) in [7, 11) is 2.20. The molecule has 0 radical (unpaired) electrons. The van der Waals surface area contributed by atoms with Crippen molar-refractivity contribution in [1.82, 2.24) is 4.90 Å². The molecule has 1 heterocycles. The molecule has 0 saturated carbocycles. The van der Waals surface area contributed by atoms with Crippen molar-refractivity contribution < 1.29 is 4.79 Å². The second kappa shape index (κ2) is 6.71. The van der Waals surface area contributed by atoms with Crippen molar-refractivity contribution in [3.8, 4) is 0 Å². The molecular formula is C16H24N2O. The van der Waals surface area contributed by atoms with E-state index in [-0.39, 0.29) is 5.78 Å². The van der Waals surface area contributed by atoms with E-state index < -0.39 is 0 Å². The second-order valence-corrected chi connectivity index (χ2v) is 5.37. The predicted octanol–water partition coefficient (Wildman–Crippen LogP) is 3.18. The maximum Gasteiger partial charge on any atom is 0.162 e. The van der Waals surface area contributed by atoms with Crippen molar-refractivity contribution in [2.75, 3.05) is 25.5 Å². The molecule has 1 fully saturated rings. The summed E-state index contributed by atoms with van der Waals surface area (Å²) in [6.45, 7) is 4.08. The van der Waals surface area contributed by atoms with Crippen LogP contribution in [0.3, 0.4) is 0 Å². The fourth-order valence-electron chi connectivity index (χ4n) is 2.62. The van der Waals surface area contributed by atoms with Gasteiger partial charge in [0.25, 0.3) is 0 Å². The number of anilines is 1. The number of carbonyl (C=O) groups excluding carboxylic acids is 1. The largest absolute Gasteiger partial charge is 0.383 e. The average molecular weight is 260 g/mol. The zero-order valence-electron chi connectivity index (χ0n) is 12.0. The molecule has 0 bridgehead atoms. The van der Waals surface area contributed by atoms with E-state index in [9.17, 15) is 4.79 Å². The number of nitrogens with zero attached hydrogens (tertiary/aromatic N) is 1. The number of hydrogen-bond donors (Lipinski definition) is 1. The Bertz CT molecular complexity index is 413. The molecule has 0 spiro atoms. The summed E-state index contributed by atoms with van der Waals surface area (Å²) >= 11 is 0. The van der Waals surface area contributed by atoms with Gasteiger partial charge in [0.1, 0.15) is 0 Å². The minimum atomic E-state index is 0.207. The molecule has 1 N–H and O–H groups in total. The number of carbonyl (C=O) groups is 1. The number of benzene rings is 1. The van der Waals surface area contributed by atoms with E-state index in [0.29, 0.717) is 12.5 Å². The Kier molecular flexibility index (Phi) is 4.97. The summed E-state index contributed by atoms with van der Waals surface area (Å²) in [6.07, 6.45) is 4.50. The lowest BCUT2D eigenvalue weighted by Gasteiger charge is -2.32. The lowest BCUT2D eigenvalue weighted by molar-refractivity contribution is 0.0988. The summed E-state index contributed by atoms with van der Waals surface area (Å²) in [5.41, 5.74) is 1.91. The van der Waals surface area contributed by atoms with Gasteiger partial charge < -0.3 is 10.2 Å². The van der Waals surface area contributed by atoms with Crippen LogP contribution in [0.15, 0.2) is 24.3 Å². The first-order chi connectivity index (χ1) is 9.20. The Morgan fingerprint density at radius 3 is 2.68 bits per heavy atom. The van der Waals surface area contributed by atoms with Crippen LogP contribution < -0.4 is 5.32 Å². The Labute approximate surface area is 116 Å². The number of likely N-dealkylation sites (N-methyl/N-ethyl adjacent to an activating group) is 1. The molecule has 3 heteroatoms. The number of piperidine rings is 1. The third-order valence-corrected chi connectivity index (χ3v) is 3.99. The van der Waals surface area contributed by atoms with Gasteiger partial charge in [-0.05, 0) is 50.7 Å². The molecule has 19 heavy (non-hydrogen) atoms. The van der Waals surface area contributed by atoms with Crippen molar-refractivity contribution in [2.45, 2.75) is 38.6 Å². The highest BCUT2D eigenvalue weighted by atomic mass is 16.1. The van der Waals surface area contributed by atoms with Gasteiger partial charge in [-0.25, -0.2) is 0 Å². The third-order valence-electron chi connectivity index (χ3n) is 3.99. The first-order valence-corrected chi connectivity index (χ1v) is 7.28. The highest BCUT2D eigenvalue weighted by Gasteiger charge is 2.18. The highest BCUT2D eigenvalue weighted by Crippen LogP contribution is 2.16. The van der Waals surface area contributed by atoms with Crippen LogP contribution in [-0.2, 0) is 0 Å². The molecule has 0 aromatic heterocycles. The molecule has 104 valence electrons. The summed E-state index contributed by atoms with van der Waals surface area (Å²) in [4.78, 5) is 14.0. The first-order valence-electron chi connectivity index (χ1n) is 7.28. The molecule has 0 amide bonds. The van der Waals surface area contributed by atoms with Gasteiger partial charge >= 0.3 is 0 Å². The van der Waals surface area contributed by atoms with Gasteiger partial charge in [0.2, 0.25) is 0 Å². The molecule has 0 aliphatic carbocycles. The smallest absolute Gasteiger partial charge is 0.162 e. The molecule has 2 rings (SSSR count). The Hall–Kier alpha value is -1.35. The molecule has 1 aliphatic heterocycles. The molecule has 1 atom stereocenters. The van der Waals surface area contributed by atoms with Gasteiger partial charge in [0.15, 0.2) is 5.78 Å². The number of nitrogens with one attached hydrogen (secondary N) is 1. The SMILES string of the molecule is CCC(=O)c1ccc(NCC2CCCCN2C)cc1. The van der Waals surface area contributed by atoms with Crippen molar-refractivity contribution >= 4 is 11.5 Å². The summed E-state index contributed by atoms with van der Waals surface area (Å²) in [5.74, 6) is 0.207. The minimum Gasteiger partial charge on any atom is -0.383 e. The normalized spacial score (nSPS) is 20.2. The molecule has 1 saturated heterocycles. The second-order valence-electron chi connectivity index (χ2n) is 5.37. The number of Topliss-reactive ketones (excluding diaryl/α,β-unsaturated/α-hetero) is 1. The van der Waals surface area contributed by atoms with Crippen LogP contribution in [0.1, 0.15) is 43.0 Å². The monoisotopic (exact) mass is 260 g/mol. The predicted molar refractivity (Wildman–Crippen MR) is 79.8 cm³/mol. The molecule has 3 nitrogen and oxygen atoms in total. The molecule has 1 unspecified atom stereocenters. The number of rotatable bonds is 5. The maximum atomic E-state index is 11.5. The maximum absolute atomic E-state index is 11.5. The summed E-state index contributed by atoms with van der Waals surface area (Å²) < 4.78 is 0. The van der Waals surface area contributed by atoms with Crippen LogP contribution in [-0.4, -0.2) is 36.9 Å². The van der Waals surface area contributed by atoms with Crippen LogP contribution in [0.5, 0.6) is 0 Å². The summed E-state index contributed by atoms with van der Waals surface area (Å²) in [6, 6.07) is 8.47. The van der Waals surface area contributed by atoms with Gasteiger partial charge in [0, 0.05) is 30.3 Å². The minimum absolute atomic E-state index is 0.207. The number of likely N-dealkylation sites (tertiary alicyclic amines) is 1. The Morgan fingerprint density at radius 1 is 1.32 bits per heavy atom.